The summed E-state index contributed by atoms with van der Waals surface area (Å²) in [5.74, 6) is -1.14. The maximum atomic E-state index is 13.6. The maximum Gasteiger partial charge on any atom is 0.389 e. The molecule has 0 saturated carbocycles. The Morgan fingerprint density at radius 3 is 2.44 bits per heavy atom. The molecule has 4 nitrogen and oxygen atoms in total. The molecule has 0 aliphatic heterocycles. The molecular formula is C19H15F4N3O. The summed E-state index contributed by atoms with van der Waals surface area (Å²) in [5.41, 5.74) is 1.58. The minimum atomic E-state index is -4.42. The van der Waals surface area contributed by atoms with E-state index < -0.39 is 30.7 Å². The fourth-order valence-corrected chi connectivity index (χ4v) is 2.49. The van der Waals surface area contributed by atoms with Gasteiger partial charge in [-0.1, -0.05) is 36.4 Å². The Balaban J connectivity index is 1.93. The first kappa shape index (κ1) is 18.6. The largest absolute Gasteiger partial charge is 0.389 e. The van der Waals surface area contributed by atoms with Crippen LogP contribution in [-0.2, 0) is 4.79 Å². The summed E-state index contributed by atoms with van der Waals surface area (Å²) in [7, 11) is 0. The molecule has 1 N–H and O–H groups in total. The van der Waals surface area contributed by atoms with Gasteiger partial charge >= 0.3 is 6.18 Å². The van der Waals surface area contributed by atoms with E-state index in [4.69, 9.17) is 0 Å². The van der Waals surface area contributed by atoms with E-state index in [1.807, 2.05) is 6.07 Å². The van der Waals surface area contributed by atoms with Crippen molar-refractivity contribution in [3.05, 3.63) is 66.5 Å². The molecule has 3 aromatic rings. The van der Waals surface area contributed by atoms with Gasteiger partial charge < -0.3 is 5.32 Å². The Labute approximate surface area is 152 Å². The number of amides is 1. The van der Waals surface area contributed by atoms with Crippen molar-refractivity contribution in [1.82, 2.24) is 9.78 Å². The van der Waals surface area contributed by atoms with Gasteiger partial charge in [0.15, 0.2) is 0 Å². The topological polar surface area (TPSA) is 46.9 Å². The number of alkyl halides is 3. The fraction of sp³-hybridized carbons (Fsp3) is 0.158. The third-order valence-corrected chi connectivity index (χ3v) is 3.73. The molecule has 0 unspecified atom stereocenters. The second-order valence-corrected chi connectivity index (χ2v) is 5.84. The van der Waals surface area contributed by atoms with Crippen LogP contribution in [0.1, 0.15) is 12.8 Å². The Kier molecular flexibility index (Phi) is 5.25. The monoisotopic (exact) mass is 377 g/mol. The van der Waals surface area contributed by atoms with Gasteiger partial charge in [0.2, 0.25) is 5.91 Å². The molecule has 140 valence electrons. The van der Waals surface area contributed by atoms with E-state index in [1.165, 1.54) is 28.9 Å². The second-order valence-electron chi connectivity index (χ2n) is 5.84. The van der Waals surface area contributed by atoms with Gasteiger partial charge in [-0.05, 0) is 18.2 Å². The normalized spacial score (nSPS) is 11.4. The summed E-state index contributed by atoms with van der Waals surface area (Å²) >= 11 is 0. The van der Waals surface area contributed by atoms with Crippen LogP contribution in [0, 0.1) is 5.82 Å². The number of hydrogen-bond acceptors (Lipinski definition) is 2. The van der Waals surface area contributed by atoms with Crippen molar-refractivity contribution >= 4 is 11.7 Å². The highest BCUT2D eigenvalue weighted by molar-refractivity contribution is 5.90. The van der Waals surface area contributed by atoms with Crippen LogP contribution in [0.4, 0.5) is 23.4 Å². The van der Waals surface area contributed by atoms with Crippen LogP contribution in [0.2, 0.25) is 0 Å². The van der Waals surface area contributed by atoms with Crippen LogP contribution in [-0.4, -0.2) is 21.9 Å². The lowest BCUT2D eigenvalue weighted by Crippen LogP contribution is -2.18. The van der Waals surface area contributed by atoms with Crippen molar-refractivity contribution in [1.29, 1.82) is 0 Å². The molecule has 0 aliphatic rings. The number of anilines is 1. The molecule has 8 heteroatoms. The quantitative estimate of drug-likeness (QED) is 0.639. The molecule has 0 spiro atoms. The van der Waals surface area contributed by atoms with Crippen molar-refractivity contribution in [2.24, 2.45) is 0 Å². The van der Waals surface area contributed by atoms with Crippen LogP contribution in [0.3, 0.4) is 0 Å². The summed E-state index contributed by atoms with van der Waals surface area (Å²) in [6.45, 7) is 0. The Morgan fingerprint density at radius 1 is 1.04 bits per heavy atom. The summed E-state index contributed by atoms with van der Waals surface area (Å²) in [6, 6.07) is 16.1. The first-order chi connectivity index (χ1) is 12.8. The SMILES string of the molecule is O=C(CCC(F)(F)F)Nc1cc(-c2ccccc2)nn1-c1cccc(F)c1. The lowest BCUT2D eigenvalue weighted by molar-refractivity contribution is -0.142. The number of carbonyl (C=O) groups excluding carboxylic acids is 1. The summed E-state index contributed by atoms with van der Waals surface area (Å²) in [5, 5.41) is 6.80. The van der Waals surface area contributed by atoms with Crippen LogP contribution in [0.25, 0.3) is 16.9 Å². The molecule has 1 aromatic heterocycles. The smallest absolute Gasteiger partial charge is 0.311 e. The molecule has 0 saturated heterocycles. The average molecular weight is 377 g/mol. The number of rotatable bonds is 5. The minimum absolute atomic E-state index is 0.159. The number of benzene rings is 2. The maximum absolute atomic E-state index is 13.6. The van der Waals surface area contributed by atoms with E-state index in [2.05, 4.69) is 10.4 Å². The lowest BCUT2D eigenvalue weighted by atomic mass is 10.1. The standard InChI is InChI=1S/C19H15F4N3O/c20-14-7-4-8-15(11-14)26-17(24-18(27)9-10-19(21,22)23)12-16(25-26)13-5-2-1-3-6-13/h1-8,11-12H,9-10H2,(H,24,27). The van der Waals surface area contributed by atoms with Gasteiger partial charge in [0.05, 0.1) is 17.8 Å². The molecule has 0 radical (unpaired) electrons. The first-order valence-electron chi connectivity index (χ1n) is 8.10. The van der Waals surface area contributed by atoms with Crippen LogP contribution in [0.15, 0.2) is 60.7 Å². The van der Waals surface area contributed by atoms with Crippen molar-refractivity contribution in [2.75, 3.05) is 5.32 Å². The molecular weight excluding hydrogens is 362 g/mol. The van der Waals surface area contributed by atoms with E-state index in [-0.39, 0.29) is 5.82 Å². The van der Waals surface area contributed by atoms with Crippen LogP contribution in [0.5, 0.6) is 0 Å². The highest BCUT2D eigenvalue weighted by Crippen LogP contribution is 2.26. The van der Waals surface area contributed by atoms with Gasteiger partial charge in [-0.15, -0.1) is 0 Å². The molecule has 2 aromatic carbocycles. The molecule has 1 amide bonds. The molecule has 27 heavy (non-hydrogen) atoms. The summed E-state index contributed by atoms with van der Waals surface area (Å²) in [4.78, 5) is 11.9. The minimum Gasteiger partial charge on any atom is -0.311 e. The Hall–Kier alpha value is -3.16. The van der Waals surface area contributed by atoms with Crippen molar-refractivity contribution < 1.29 is 22.4 Å². The Bertz CT molecular complexity index is 936. The highest BCUT2D eigenvalue weighted by Gasteiger charge is 2.28. The van der Waals surface area contributed by atoms with Crippen molar-refractivity contribution in [3.8, 4) is 16.9 Å². The zero-order valence-electron chi connectivity index (χ0n) is 14.0. The summed E-state index contributed by atoms with van der Waals surface area (Å²) in [6.07, 6.45) is -6.35. The number of aromatic nitrogens is 2. The van der Waals surface area contributed by atoms with Gasteiger partial charge in [0.25, 0.3) is 0 Å². The number of nitrogens with zero attached hydrogens (tertiary/aromatic N) is 2. The van der Waals surface area contributed by atoms with Crippen LogP contribution < -0.4 is 5.32 Å². The zero-order valence-corrected chi connectivity index (χ0v) is 14.0. The second kappa shape index (κ2) is 7.61. The third-order valence-electron chi connectivity index (χ3n) is 3.73. The van der Waals surface area contributed by atoms with E-state index in [1.54, 1.807) is 30.3 Å². The van der Waals surface area contributed by atoms with Gasteiger partial charge in [-0.3, -0.25) is 4.79 Å². The summed E-state index contributed by atoms with van der Waals surface area (Å²) < 4.78 is 51.9. The van der Waals surface area contributed by atoms with Gasteiger partial charge in [0, 0.05) is 18.1 Å². The van der Waals surface area contributed by atoms with E-state index in [0.717, 1.165) is 5.56 Å². The molecule has 1 heterocycles. The van der Waals surface area contributed by atoms with Gasteiger partial charge in [-0.2, -0.15) is 18.3 Å². The molecule has 0 fully saturated rings. The van der Waals surface area contributed by atoms with Crippen molar-refractivity contribution in [2.45, 2.75) is 19.0 Å². The average Bonchev–Trinajstić information content (AvgIpc) is 3.04. The number of halogens is 4. The van der Waals surface area contributed by atoms with E-state index in [9.17, 15) is 22.4 Å². The number of nitrogens with one attached hydrogen (secondary N) is 1. The number of hydrogen-bond donors (Lipinski definition) is 1. The first-order valence-corrected chi connectivity index (χ1v) is 8.10. The predicted octanol–water partition coefficient (Wildman–Crippen LogP) is 4.96. The molecule has 0 bridgehead atoms. The Morgan fingerprint density at radius 2 is 1.78 bits per heavy atom. The predicted molar refractivity (Wildman–Crippen MR) is 92.9 cm³/mol. The lowest BCUT2D eigenvalue weighted by Gasteiger charge is -2.10. The third kappa shape index (κ3) is 4.93. The van der Waals surface area contributed by atoms with Gasteiger partial charge in [0.1, 0.15) is 11.6 Å². The van der Waals surface area contributed by atoms with Crippen molar-refractivity contribution in [3.63, 3.8) is 0 Å². The molecule has 0 atom stereocenters. The number of carbonyl (C=O) groups is 1. The van der Waals surface area contributed by atoms with E-state index >= 15 is 0 Å². The fourth-order valence-electron chi connectivity index (χ4n) is 2.49. The zero-order chi connectivity index (χ0) is 19.4. The molecule has 3 rings (SSSR count). The van der Waals surface area contributed by atoms with E-state index in [0.29, 0.717) is 11.4 Å². The highest BCUT2D eigenvalue weighted by atomic mass is 19.4. The molecule has 0 aliphatic carbocycles. The van der Waals surface area contributed by atoms with Gasteiger partial charge in [-0.25, -0.2) is 9.07 Å². The van der Waals surface area contributed by atoms with Crippen LogP contribution >= 0.6 is 0 Å².